The van der Waals surface area contributed by atoms with Crippen molar-refractivity contribution in [2.75, 3.05) is 10.6 Å². The van der Waals surface area contributed by atoms with E-state index in [1.54, 1.807) is 0 Å². The van der Waals surface area contributed by atoms with Gasteiger partial charge in [-0.2, -0.15) is 0 Å². The van der Waals surface area contributed by atoms with Gasteiger partial charge in [-0.3, -0.25) is 0 Å². The highest BCUT2D eigenvalue weighted by molar-refractivity contribution is 7.02. The molecule has 134 valence electrons. The van der Waals surface area contributed by atoms with Gasteiger partial charge in [-0.1, -0.05) is 66.7 Å². The van der Waals surface area contributed by atoms with E-state index < -0.39 is 0 Å². The van der Waals surface area contributed by atoms with Gasteiger partial charge in [-0.25, -0.2) is 0 Å². The molecule has 0 aromatic heterocycles. The van der Waals surface area contributed by atoms with Crippen LogP contribution in [0.3, 0.4) is 0 Å². The molecule has 2 N–H and O–H groups in total. The molecule has 2 aliphatic rings. The fourth-order valence-electron chi connectivity index (χ4n) is 5.25. The Hall–Kier alpha value is -3.72. The molecule has 0 amide bonds. The van der Waals surface area contributed by atoms with Gasteiger partial charge in [0.2, 0.25) is 0 Å². The summed E-state index contributed by atoms with van der Waals surface area (Å²) in [5, 5.41) is 12.6. The molecule has 7 rings (SSSR count). The lowest BCUT2D eigenvalue weighted by Crippen LogP contribution is -2.59. The maximum Gasteiger partial charge on any atom is 0.253 e. The second kappa shape index (κ2) is 5.42. The van der Waals surface area contributed by atoms with E-state index in [4.69, 9.17) is 0 Å². The zero-order valence-corrected chi connectivity index (χ0v) is 15.7. The van der Waals surface area contributed by atoms with E-state index in [9.17, 15) is 0 Å². The molecule has 5 aromatic rings. The minimum absolute atomic E-state index is 0.200. The van der Waals surface area contributed by atoms with E-state index in [1.165, 1.54) is 60.7 Å². The fourth-order valence-corrected chi connectivity index (χ4v) is 5.25. The van der Waals surface area contributed by atoms with Gasteiger partial charge in [0.1, 0.15) is 0 Å². The summed E-state index contributed by atoms with van der Waals surface area (Å²) in [4.78, 5) is 0. The number of nitrogens with one attached hydrogen (secondary N) is 2. The van der Waals surface area contributed by atoms with Crippen molar-refractivity contribution in [1.82, 2.24) is 0 Å². The standard InChI is InChI=1S/C26H17BN2/c1-3-8-18-16(6-1)12-14-22-24(18)27-25-19-9-4-2-7-17(19)13-15-23(25)29-21-11-5-10-20(28-22)26(21)27/h1-15,28-29H. The van der Waals surface area contributed by atoms with Crippen LogP contribution in [0.25, 0.3) is 21.5 Å². The normalized spacial score (nSPS) is 13.3. The summed E-state index contributed by atoms with van der Waals surface area (Å²) in [5.74, 6) is 0. The van der Waals surface area contributed by atoms with Crippen LogP contribution < -0.4 is 27.0 Å². The van der Waals surface area contributed by atoms with Crippen molar-refractivity contribution in [3.05, 3.63) is 91.0 Å². The molecule has 0 aliphatic carbocycles. The Balaban J connectivity index is 1.67. The summed E-state index contributed by atoms with van der Waals surface area (Å²) in [6.07, 6.45) is 0. The lowest BCUT2D eigenvalue weighted by Gasteiger charge is -2.36. The Kier molecular flexibility index (Phi) is 2.85. The third-order valence-corrected chi connectivity index (χ3v) is 6.45. The zero-order chi connectivity index (χ0) is 18.9. The Morgan fingerprint density at radius 2 is 0.897 bits per heavy atom. The van der Waals surface area contributed by atoms with E-state index in [0.29, 0.717) is 0 Å². The van der Waals surface area contributed by atoms with Crippen LogP contribution in [0.2, 0.25) is 0 Å². The van der Waals surface area contributed by atoms with Crippen molar-refractivity contribution in [3.63, 3.8) is 0 Å². The fraction of sp³-hybridized carbons (Fsp3) is 0. The summed E-state index contributed by atoms with van der Waals surface area (Å²) in [7, 11) is 0. The van der Waals surface area contributed by atoms with Gasteiger partial charge >= 0.3 is 0 Å². The van der Waals surface area contributed by atoms with E-state index in [2.05, 4.69) is 102 Å². The van der Waals surface area contributed by atoms with Gasteiger partial charge in [-0.15, -0.1) is 0 Å². The van der Waals surface area contributed by atoms with Gasteiger partial charge in [0.05, 0.1) is 0 Å². The third-order valence-electron chi connectivity index (χ3n) is 6.45. The first-order valence-electron chi connectivity index (χ1n) is 10.1. The van der Waals surface area contributed by atoms with Crippen LogP contribution in [0.5, 0.6) is 0 Å². The summed E-state index contributed by atoms with van der Waals surface area (Å²) < 4.78 is 0. The molecule has 29 heavy (non-hydrogen) atoms. The lowest BCUT2D eigenvalue weighted by molar-refractivity contribution is 1.53. The van der Waals surface area contributed by atoms with Gasteiger partial charge in [0.25, 0.3) is 6.71 Å². The predicted molar refractivity (Wildman–Crippen MR) is 126 cm³/mol. The average Bonchev–Trinajstić information content (AvgIpc) is 2.78. The maximum atomic E-state index is 3.71. The monoisotopic (exact) mass is 368 g/mol. The van der Waals surface area contributed by atoms with E-state index >= 15 is 0 Å². The van der Waals surface area contributed by atoms with Crippen molar-refractivity contribution in [1.29, 1.82) is 0 Å². The highest BCUT2D eigenvalue weighted by Gasteiger charge is 2.39. The van der Waals surface area contributed by atoms with E-state index in [-0.39, 0.29) is 6.71 Å². The molecule has 0 saturated heterocycles. The SMILES string of the molecule is c1cc2c3c(c1)Nc1ccc4ccccc4c1B3c1c(ccc3ccccc13)N2. The van der Waals surface area contributed by atoms with Crippen molar-refractivity contribution in [3.8, 4) is 0 Å². The highest BCUT2D eigenvalue weighted by Crippen LogP contribution is 2.33. The number of rotatable bonds is 0. The molecule has 0 atom stereocenters. The van der Waals surface area contributed by atoms with Crippen LogP contribution in [-0.2, 0) is 0 Å². The van der Waals surface area contributed by atoms with Crippen LogP contribution in [-0.4, -0.2) is 6.71 Å². The van der Waals surface area contributed by atoms with Crippen LogP contribution in [0.4, 0.5) is 22.7 Å². The number of hydrogen-bond donors (Lipinski definition) is 2. The topological polar surface area (TPSA) is 24.1 Å². The first-order chi connectivity index (χ1) is 14.4. The molecule has 5 aromatic carbocycles. The Morgan fingerprint density at radius 1 is 0.414 bits per heavy atom. The quantitative estimate of drug-likeness (QED) is 0.382. The minimum atomic E-state index is 0.200. The summed E-state index contributed by atoms with van der Waals surface area (Å²) in [6.45, 7) is 0.200. The van der Waals surface area contributed by atoms with Crippen molar-refractivity contribution < 1.29 is 0 Å². The maximum absolute atomic E-state index is 3.71. The lowest BCUT2D eigenvalue weighted by atomic mass is 9.33. The zero-order valence-electron chi connectivity index (χ0n) is 15.7. The number of fused-ring (bicyclic) bond motifs is 8. The van der Waals surface area contributed by atoms with E-state index in [0.717, 1.165) is 0 Å². The molecular weight excluding hydrogens is 351 g/mol. The molecule has 0 fully saturated rings. The number of hydrogen-bond acceptors (Lipinski definition) is 2. The molecular formula is C26H17BN2. The van der Waals surface area contributed by atoms with Gasteiger partial charge < -0.3 is 10.6 Å². The second-order valence-electron chi connectivity index (χ2n) is 7.95. The molecule has 2 heterocycles. The Morgan fingerprint density at radius 3 is 1.45 bits per heavy atom. The molecule has 2 aliphatic heterocycles. The highest BCUT2D eigenvalue weighted by atomic mass is 14.9. The number of anilines is 4. The summed E-state index contributed by atoms with van der Waals surface area (Å²) in [5.41, 5.74) is 8.91. The van der Waals surface area contributed by atoms with Crippen LogP contribution in [0.1, 0.15) is 0 Å². The third kappa shape index (κ3) is 1.97. The second-order valence-corrected chi connectivity index (χ2v) is 7.95. The Labute approximate surface area is 169 Å². The predicted octanol–water partition coefficient (Wildman–Crippen LogP) is 4.62. The first kappa shape index (κ1) is 15.2. The molecule has 0 spiro atoms. The average molecular weight is 368 g/mol. The van der Waals surface area contributed by atoms with Gasteiger partial charge in [-0.05, 0) is 62.2 Å². The summed E-state index contributed by atoms with van der Waals surface area (Å²) >= 11 is 0. The van der Waals surface area contributed by atoms with Crippen molar-refractivity contribution >= 4 is 67.4 Å². The van der Waals surface area contributed by atoms with E-state index in [1.807, 2.05) is 0 Å². The largest absolute Gasteiger partial charge is 0.356 e. The molecule has 0 radical (unpaired) electrons. The molecule has 2 nitrogen and oxygen atoms in total. The molecule has 0 bridgehead atoms. The minimum Gasteiger partial charge on any atom is -0.356 e. The van der Waals surface area contributed by atoms with Gasteiger partial charge in [0.15, 0.2) is 0 Å². The molecule has 3 heteroatoms. The van der Waals surface area contributed by atoms with Crippen LogP contribution in [0, 0.1) is 0 Å². The molecule has 0 unspecified atom stereocenters. The first-order valence-corrected chi connectivity index (χ1v) is 10.1. The van der Waals surface area contributed by atoms with Crippen LogP contribution in [0.15, 0.2) is 91.0 Å². The van der Waals surface area contributed by atoms with Crippen molar-refractivity contribution in [2.24, 2.45) is 0 Å². The summed E-state index contributed by atoms with van der Waals surface area (Å²) in [6, 6.07) is 32.9. The van der Waals surface area contributed by atoms with Gasteiger partial charge in [0, 0.05) is 22.7 Å². The Bertz CT molecular complexity index is 1360. The van der Waals surface area contributed by atoms with Crippen LogP contribution >= 0.6 is 0 Å². The number of benzene rings is 5. The van der Waals surface area contributed by atoms with Crippen molar-refractivity contribution in [2.45, 2.75) is 0 Å². The smallest absolute Gasteiger partial charge is 0.253 e. The molecule has 0 saturated carbocycles.